The van der Waals surface area contributed by atoms with Gasteiger partial charge in [-0.2, -0.15) is 0 Å². The van der Waals surface area contributed by atoms with Crippen LogP contribution in [0.2, 0.25) is 0 Å². The van der Waals surface area contributed by atoms with Crippen molar-refractivity contribution < 1.29 is 49.4 Å². The summed E-state index contributed by atoms with van der Waals surface area (Å²) >= 11 is 0. The van der Waals surface area contributed by atoms with Crippen LogP contribution < -0.4 is 14.8 Å². The first-order valence-corrected chi connectivity index (χ1v) is 13.5. The molecular formula is C33H27F8NO3. The molecule has 1 amide bonds. The van der Waals surface area contributed by atoms with Crippen LogP contribution in [0, 0.1) is 0 Å². The Kier molecular flexibility index (Phi) is 9.74. The van der Waals surface area contributed by atoms with E-state index in [2.05, 4.69) is 14.8 Å². The van der Waals surface area contributed by atoms with Crippen molar-refractivity contribution in [3.63, 3.8) is 0 Å². The molecule has 4 aromatic carbocycles. The van der Waals surface area contributed by atoms with Gasteiger partial charge in [0.25, 0.3) is 5.92 Å². The number of benzene rings is 4. The van der Waals surface area contributed by atoms with Crippen LogP contribution in [0.1, 0.15) is 34.7 Å². The smallest absolute Gasteiger partial charge is 0.406 e. The van der Waals surface area contributed by atoms with Crippen LogP contribution >= 0.6 is 0 Å². The minimum atomic E-state index is -5.03. The van der Waals surface area contributed by atoms with Crippen LogP contribution in [0.25, 0.3) is 0 Å². The standard InChI is InChI=1S/C33H27F8NO3/c1-30(34,35)24-11-5-10-23(16-24)17-29(43)42-21-31(20-22-8-3-2-4-9-22,25-12-6-14-27(18-25)44-32(36,37)38)26-13-7-15-28(19-26)45-33(39,40)41/h2-16,18-19H,17,20-21H2,1H3,(H,42,43). The Hall–Kier alpha value is -4.61. The maximum atomic E-state index is 13.9. The zero-order chi connectivity index (χ0) is 32.9. The number of carbonyl (C=O) groups is 1. The predicted molar refractivity (Wildman–Crippen MR) is 150 cm³/mol. The van der Waals surface area contributed by atoms with Crippen LogP contribution in [0.3, 0.4) is 0 Å². The molecule has 0 fully saturated rings. The summed E-state index contributed by atoms with van der Waals surface area (Å²) in [7, 11) is 0. The molecule has 0 aliphatic carbocycles. The fourth-order valence-corrected chi connectivity index (χ4v) is 5.02. The van der Waals surface area contributed by atoms with E-state index in [1.165, 1.54) is 48.5 Å². The number of rotatable bonds is 11. The molecule has 1 N–H and O–H groups in total. The molecule has 0 heterocycles. The quantitative estimate of drug-likeness (QED) is 0.168. The van der Waals surface area contributed by atoms with Crippen molar-refractivity contribution in [3.05, 3.63) is 131 Å². The van der Waals surface area contributed by atoms with Crippen LogP contribution in [0.15, 0.2) is 103 Å². The molecule has 0 unspecified atom stereocenters. The van der Waals surface area contributed by atoms with Crippen molar-refractivity contribution in [2.24, 2.45) is 0 Å². The molecule has 12 heteroatoms. The molecule has 4 nitrogen and oxygen atoms in total. The molecule has 0 radical (unpaired) electrons. The largest absolute Gasteiger partial charge is 0.573 e. The third-order valence-electron chi connectivity index (χ3n) is 6.98. The van der Waals surface area contributed by atoms with E-state index in [1.807, 2.05) is 0 Å². The van der Waals surface area contributed by atoms with Crippen molar-refractivity contribution in [2.75, 3.05) is 6.54 Å². The van der Waals surface area contributed by atoms with E-state index >= 15 is 0 Å². The van der Waals surface area contributed by atoms with E-state index in [0.29, 0.717) is 5.56 Å². The van der Waals surface area contributed by atoms with Gasteiger partial charge >= 0.3 is 12.7 Å². The van der Waals surface area contributed by atoms with E-state index in [-0.39, 0.29) is 41.6 Å². The summed E-state index contributed by atoms with van der Waals surface area (Å²) in [6, 6.07) is 23.8. The maximum Gasteiger partial charge on any atom is 0.573 e. The Morgan fingerprint density at radius 1 is 0.622 bits per heavy atom. The lowest BCUT2D eigenvalue weighted by Gasteiger charge is -2.36. The maximum absolute atomic E-state index is 13.9. The van der Waals surface area contributed by atoms with Gasteiger partial charge in [-0.15, -0.1) is 26.3 Å². The van der Waals surface area contributed by atoms with Gasteiger partial charge < -0.3 is 14.8 Å². The molecule has 45 heavy (non-hydrogen) atoms. The highest BCUT2D eigenvalue weighted by Gasteiger charge is 2.38. The van der Waals surface area contributed by atoms with Gasteiger partial charge in [0.1, 0.15) is 11.5 Å². The normalized spacial score (nSPS) is 12.5. The van der Waals surface area contributed by atoms with E-state index in [9.17, 15) is 39.9 Å². The zero-order valence-corrected chi connectivity index (χ0v) is 23.7. The molecule has 0 aromatic heterocycles. The lowest BCUT2D eigenvalue weighted by atomic mass is 9.70. The first kappa shape index (κ1) is 33.3. The lowest BCUT2D eigenvalue weighted by molar-refractivity contribution is -0.275. The first-order valence-electron chi connectivity index (χ1n) is 13.5. The Morgan fingerprint density at radius 2 is 1.11 bits per heavy atom. The van der Waals surface area contributed by atoms with Gasteiger partial charge in [0.2, 0.25) is 5.91 Å². The average molecular weight is 638 g/mol. The van der Waals surface area contributed by atoms with Crippen molar-refractivity contribution in [3.8, 4) is 11.5 Å². The number of halogens is 8. The molecule has 4 aromatic rings. The van der Waals surface area contributed by atoms with E-state index in [1.54, 1.807) is 30.3 Å². The SMILES string of the molecule is CC(F)(F)c1cccc(CC(=O)NCC(Cc2ccccc2)(c2cccc(OC(F)(F)F)c2)c2cccc(OC(F)(F)F)c2)c1. The number of carbonyl (C=O) groups excluding carboxylic acids is 1. The summed E-state index contributed by atoms with van der Waals surface area (Å²) in [4.78, 5) is 13.2. The molecular weight excluding hydrogens is 610 g/mol. The first-order chi connectivity index (χ1) is 21.0. The van der Waals surface area contributed by atoms with Crippen molar-refractivity contribution >= 4 is 5.91 Å². The summed E-state index contributed by atoms with van der Waals surface area (Å²) in [6.45, 7) is 0.409. The number of amides is 1. The number of alkyl halides is 8. The highest BCUT2D eigenvalue weighted by atomic mass is 19.4. The second-order valence-corrected chi connectivity index (χ2v) is 10.4. The molecule has 0 saturated heterocycles. The van der Waals surface area contributed by atoms with Crippen LogP contribution in [-0.4, -0.2) is 25.2 Å². The summed E-state index contributed by atoms with van der Waals surface area (Å²) in [6.07, 6.45) is -10.4. The molecule has 0 aliphatic rings. The Balaban J connectivity index is 1.80. The van der Waals surface area contributed by atoms with E-state index in [4.69, 9.17) is 0 Å². The highest BCUT2D eigenvalue weighted by Crippen LogP contribution is 2.40. The number of nitrogens with one attached hydrogen (secondary N) is 1. The molecule has 238 valence electrons. The molecule has 0 spiro atoms. The van der Waals surface area contributed by atoms with Crippen molar-refractivity contribution in [2.45, 2.75) is 43.8 Å². The van der Waals surface area contributed by atoms with Crippen molar-refractivity contribution in [1.82, 2.24) is 5.32 Å². The fourth-order valence-electron chi connectivity index (χ4n) is 5.02. The molecule has 0 aliphatic heterocycles. The fraction of sp³-hybridized carbons (Fsp3) is 0.242. The summed E-state index contributed by atoms with van der Waals surface area (Å²) in [5.41, 5.74) is -0.467. The third-order valence-corrected chi connectivity index (χ3v) is 6.98. The number of hydrogen-bond acceptors (Lipinski definition) is 3. The van der Waals surface area contributed by atoms with Gasteiger partial charge in [-0.3, -0.25) is 4.79 Å². The Morgan fingerprint density at radius 3 is 1.62 bits per heavy atom. The van der Waals surface area contributed by atoms with Gasteiger partial charge in [-0.1, -0.05) is 72.8 Å². The predicted octanol–water partition coefficient (Wildman–Crippen LogP) is 8.48. The van der Waals surface area contributed by atoms with E-state index < -0.39 is 41.5 Å². The molecule has 0 bridgehead atoms. The second kappa shape index (κ2) is 13.2. The van der Waals surface area contributed by atoms with Crippen molar-refractivity contribution in [1.29, 1.82) is 0 Å². The Labute approximate surface area is 253 Å². The lowest BCUT2D eigenvalue weighted by Crippen LogP contribution is -2.44. The van der Waals surface area contributed by atoms with Crippen LogP contribution in [0.5, 0.6) is 11.5 Å². The van der Waals surface area contributed by atoms with Crippen LogP contribution in [-0.2, 0) is 29.0 Å². The molecule has 0 saturated carbocycles. The Bertz CT molecular complexity index is 1540. The summed E-state index contributed by atoms with van der Waals surface area (Å²) in [5, 5.41) is 2.73. The van der Waals surface area contributed by atoms with Crippen LogP contribution in [0.4, 0.5) is 35.1 Å². The number of ether oxygens (including phenoxy) is 2. The van der Waals surface area contributed by atoms with Gasteiger partial charge in [-0.05, 0) is 59.0 Å². The van der Waals surface area contributed by atoms with Gasteiger partial charge in [0, 0.05) is 24.4 Å². The minimum absolute atomic E-state index is 0.0105. The summed E-state index contributed by atoms with van der Waals surface area (Å²) in [5.74, 6) is -4.92. The molecule has 4 rings (SSSR count). The molecule has 0 atom stereocenters. The number of hydrogen-bond donors (Lipinski definition) is 1. The zero-order valence-electron chi connectivity index (χ0n) is 23.7. The topological polar surface area (TPSA) is 47.6 Å². The van der Waals surface area contributed by atoms with E-state index in [0.717, 1.165) is 31.2 Å². The second-order valence-electron chi connectivity index (χ2n) is 10.4. The average Bonchev–Trinajstić information content (AvgIpc) is 2.94. The minimum Gasteiger partial charge on any atom is -0.406 e. The van der Waals surface area contributed by atoms with Gasteiger partial charge in [0.15, 0.2) is 0 Å². The highest BCUT2D eigenvalue weighted by molar-refractivity contribution is 5.79. The van der Waals surface area contributed by atoms with Gasteiger partial charge in [0.05, 0.1) is 6.42 Å². The van der Waals surface area contributed by atoms with Gasteiger partial charge in [-0.25, -0.2) is 8.78 Å². The third kappa shape index (κ3) is 9.44. The summed E-state index contributed by atoms with van der Waals surface area (Å²) < 4.78 is 115. The monoisotopic (exact) mass is 637 g/mol.